The summed E-state index contributed by atoms with van der Waals surface area (Å²) in [5.41, 5.74) is 1.16. The van der Waals surface area contributed by atoms with Gasteiger partial charge in [-0.05, 0) is 51.1 Å². The molecule has 3 aromatic rings. The number of H-pyrrole nitrogens is 1. The summed E-state index contributed by atoms with van der Waals surface area (Å²) in [6, 6.07) is 8.32. The van der Waals surface area contributed by atoms with Crippen molar-refractivity contribution < 1.29 is 13.2 Å². The number of hydrogen-bond acceptors (Lipinski definition) is 6. The quantitative estimate of drug-likeness (QED) is 0.671. The highest BCUT2D eigenvalue weighted by atomic mass is 32.2. The molecule has 1 aromatic carbocycles. The molecule has 0 aliphatic rings. The van der Waals surface area contributed by atoms with Crippen LogP contribution in [0, 0.1) is 0 Å². The van der Waals surface area contributed by atoms with Gasteiger partial charge >= 0.3 is 0 Å². The Balaban J connectivity index is 2.12. The lowest BCUT2D eigenvalue weighted by Crippen LogP contribution is -2.23. The third-order valence-corrected chi connectivity index (χ3v) is 5.64. The lowest BCUT2D eigenvalue weighted by atomic mass is 10.1. The number of benzene rings is 1. The number of ether oxygens (including phenoxy) is 1. The third-order valence-electron chi connectivity index (χ3n) is 3.89. The smallest absolute Gasteiger partial charge is 0.277 e. The van der Waals surface area contributed by atoms with E-state index in [1.54, 1.807) is 44.2 Å². The van der Waals surface area contributed by atoms with E-state index >= 15 is 0 Å². The van der Waals surface area contributed by atoms with Gasteiger partial charge in [0.15, 0.2) is 5.52 Å². The van der Waals surface area contributed by atoms with Crippen molar-refractivity contribution in [3.05, 3.63) is 46.9 Å². The summed E-state index contributed by atoms with van der Waals surface area (Å²) in [7, 11) is -3.57. The Kier molecular flexibility index (Phi) is 5.13. The van der Waals surface area contributed by atoms with Crippen LogP contribution in [0.25, 0.3) is 22.4 Å². The van der Waals surface area contributed by atoms with Gasteiger partial charge in [-0.1, -0.05) is 0 Å². The van der Waals surface area contributed by atoms with Gasteiger partial charge in [0.25, 0.3) is 5.56 Å². The summed E-state index contributed by atoms with van der Waals surface area (Å²) >= 11 is 0. The van der Waals surface area contributed by atoms with Crippen molar-refractivity contribution in [1.29, 1.82) is 0 Å². The number of fused-ring (bicyclic) bond motifs is 1. The van der Waals surface area contributed by atoms with E-state index < -0.39 is 15.3 Å². The normalized spacial score (nSPS) is 11.7. The minimum absolute atomic E-state index is 0.243. The molecule has 8 nitrogen and oxygen atoms in total. The molecule has 0 radical (unpaired) electrons. The Bertz CT molecular complexity index is 1140. The number of nitrogens with one attached hydrogen (secondary N) is 2. The molecule has 0 spiro atoms. The van der Waals surface area contributed by atoms with Crippen molar-refractivity contribution in [1.82, 2.24) is 15.0 Å². The molecule has 3 rings (SSSR count). The van der Waals surface area contributed by atoms with Crippen molar-refractivity contribution in [2.24, 2.45) is 0 Å². The third kappa shape index (κ3) is 3.92. The van der Waals surface area contributed by atoms with Crippen LogP contribution in [0.2, 0.25) is 0 Å². The van der Waals surface area contributed by atoms with Crippen LogP contribution < -0.4 is 15.0 Å². The van der Waals surface area contributed by atoms with Gasteiger partial charge in [0, 0.05) is 11.8 Å². The van der Waals surface area contributed by atoms with Gasteiger partial charge in [-0.3, -0.25) is 9.52 Å². The van der Waals surface area contributed by atoms with E-state index in [0.717, 1.165) is 0 Å². The van der Waals surface area contributed by atoms with E-state index in [1.807, 2.05) is 6.92 Å². The fourth-order valence-corrected chi connectivity index (χ4v) is 3.13. The van der Waals surface area contributed by atoms with Crippen LogP contribution in [0.1, 0.15) is 20.8 Å². The molecule has 0 unspecified atom stereocenters. The van der Waals surface area contributed by atoms with E-state index in [4.69, 9.17) is 4.74 Å². The van der Waals surface area contributed by atoms with E-state index in [-0.39, 0.29) is 16.8 Å². The molecule has 0 atom stereocenters. The van der Waals surface area contributed by atoms with E-state index in [0.29, 0.717) is 29.3 Å². The predicted molar refractivity (Wildman–Crippen MR) is 104 cm³/mol. The Morgan fingerprint density at radius 1 is 1.26 bits per heavy atom. The topological polar surface area (TPSA) is 114 Å². The summed E-state index contributed by atoms with van der Waals surface area (Å²) in [6.45, 7) is 5.36. The molecule has 2 heterocycles. The standard InChI is InChI=1S/C18H20N4O4S/c1-4-26-15-8-7-12(10-14(15)22-27(24,25)11(2)3)17-20-13-6-5-9-19-16(13)18(23)21-17/h5-11,22H,4H2,1-3H3,(H,20,21,23). The molecule has 0 bridgehead atoms. The highest BCUT2D eigenvalue weighted by molar-refractivity contribution is 7.93. The summed E-state index contributed by atoms with van der Waals surface area (Å²) in [5.74, 6) is 0.712. The first-order chi connectivity index (χ1) is 12.8. The molecule has 2 aromatic heterocycles. The number of rotatable bonds is 6. The predicted octanol–water partition coefficient (Wildman–Crippen LogP) is 2.53. The maximum atomic E-state index is 12.3. The Morgan fingerprint density at radius 3 is 2.74 bits per heavy atom. The summed E-state index contributed by atoms with van der Waals surface area (Å²) in [5, 5.41) is -0.611. The fraction of sp³-hybridized carbons (Fsp3) is 0.278. The number of aromatic nitrogens is 3. The lowest BCUT2D eigenvalue weighted by Gasteiger charge is -2.16. The maximum Gasteiger partial charge on any atom is 0.277 e. The Labute approximate surface area is 156 Å². The van der Waals surface area contributed by atoms with Gasteiger partial charge in [0.2, 0.25) is 10.0 Å². The van der Waals surface area contributed by atoms with Crippen molar-refractivity contribution in [3.63, 3.8) is 0 Å². The second-order valence-corrected chi connectivity index (χ2v) is 8.36. The summed E-state index contributed by atoms with van der Waals surface area (Å²) in [4.78, 5) is 23.4. The average molecular weight is 388 g/mol. The van der Waals surface area contributed by atoms with Crippen molar-refractivity contribution in [3.8, 4) is 17.1 Å². The molecular formula is C18H20N4O4S. The average Bonchev–Trinajstić information content (AvgIpc) is 2.63. The number of anilines is 1. The first-order valence-electron chi connectivity index (χ1n) is 8.45. The second kappa shape index (κ2) is 7.36. The monoisotopic (exact) mass is 388 g/mol. The highest BCUT2D eigenvalue weighted by Gasteiger charge is 2.19. The zero-order valence-corrected chi connectivity index (χ0v) is 16.0. The molecule has 2 N–H and O–H groups in total. The highest BCUT2D eigenvalue weighted by Crippen LogP contribution is 2.31. The summed E-state index contributed by atoms with van der Waals surface area (Å²) < 4.78 is 32.6. The van der Waals surface area contributed by atoms with E-state index in [9.17, 15) is 13.2 Å². The minimum atomic E-state index is -3.57. The van der Waals surface area contributed by atoms with Gasteiger partial charge in [0.05, 0.1) is 23.1 Å². The van der Waals surface area contributed by atoms with Crippen LogP contribution in [0.3, 0.4) is 0 Å². The van der Waals surface area contributed by atoms with Gasteiger partial charge in [-0.2, -0.15) is 0 Å². The van der Waals surface area contributed by atoms with E-state index in [1.165, 1.54) is 6.20 Å². The van der Waals surface area contributed by atoms with Crippen LogP contribution in [0.4, 0.5) is 5.69 Å². The van der Waals surface area contributed by atoms with Crippen LogP contribution in [0.15, 0.2) is 41.3 Å². The Hall–Kier alpha value is -2.94. The Morgan fingerprint density at radius 2 is 2.04 bits per heavy atom. The van der Waals surface area contributed by atoms with Crippen molar-refractivity contribution in [2.45, 2.75) is 26.0 Å². The first-order valence-corrected chi connectivity index (χ1v) is 10.0. The molecule has 0 amide bonds. The molecule has 0 fully saturated rings. The second-order valence-electron chi connectivity index (χ2n) is 6.13. The maximum absolute atomic E-state index is 12.3. The minimum Gasteiger partial charge on any atom is -0.492 e. The van der Waals surface area contributed by atoms with Gasteiger partial charge < -0.3 is 9.72 Å². The molecule has 142 valence electrons. The van der Waals surface area contributed by atoms with Crippen molar-refractivity contribution in [2.75, 3.05) is 11.3 Å². The molecule has 0 aliphatic carbocycles. The number of sulfonamides is 1. The van der Waals surface area contributed by atoms with Gasteiger partial charge in [-0.15, -0.1) is 0 Å². The molecule has 0 aliphatic heterocycles. The number of pyridine rings is 1. The first kappa shape index (κ1) is 18.8. The van der Waals surface area contributed by atoms with Gasteiger partial charge in [-0.25, -0.2) is 18.4 Å². The lowest BCUT2D eigenvalue weighted by molar-refractivity contribution is 0.342. The molecule has 27 heavy (non-hydrogen) atoms. The van der Waals surface area contributed by atoms with Crippen LogP contribution in [0.5, 0.6) is 5.75 Å². The summed E-state index contributed by atoms with van der Waals surface area (Å²) in [6.07, 6.45) is 1.52. The van der Waals surface area contributed by atoms with Gasteiger partial charge in [0.1, 0.15) is 11.6 Å². The number of hydrogen-bond donors (Lipinski definition) is 2. The zero-order valence-electron chi connectivity index (χ0n) is 15.2. The van der Waals surface area contributed by atoms with Crippen LogP contribution >= 0.6 is 0 Å². The van der Waals surface area contributed by atoms with E-state index in [2.05, 4.69) is 19.7 Å². The molecular weight excluding hydrogens is 368 g/mol. The molecule has 0 saturated heterocycles. The largest absolute Gasteiger partial charge is 0.492 e. The fourth-order valence-electron chi connectivity index (χ4n) is 2.42. The van der Waals surface area contributed by atoms with Crippen molar-refractivity contribution >= 4 is 26.7 Å². The van der Waals surface area contributed by atoms with Crippen LogP contribution in [-0.4, -0.2) is 35.2 Å². The zero-order chi connectivity index (χ0) is 19.6. The number of nitrogens with zero attached hydrogens (tertiary/aromatic N) is 2. The number of aromatic amines is 1. The molecule has 0 saturated carbocycles. The SMILES string of the molecule is CCOc1ccc(-c2nc3cccnc3c(=O)[nH]2)cc1NS(=O)(=O)C(C)C. The molecule has 9 heteroatoms. The van der Waals surface area contributed by atoms with Crippen LogP contribution in [-0.2, 0) is 10.0 Å².